The molecule has 5 atom stereocenters. The van der Waals surface area contributed by atoms with E-state index in [0.717, 1.165) is 44.4 Å². The Kier molecular flexibility index (Phi) is 13.8. The Morgan fingerprint density at radius 1 is 1.16 bits per heavy atom. The zero-order valence-electron chi connectivity index (χ0n) is 37.9. The number of fused-ring (bicyclic) bond motifs is 6. The molecule has 6 heterocycles. The number of benzene rings is 1. The van der Waals surface area contributed by atoms with Gasteiger partial charge in [0.05, 0.1) is 40.7 Å². The molecular weight excluding hydrogens is 857 g/mol. The van der Waals surface area contributed by atoms with Crippen molar-refractivity contribution < 1.29 is 37.1 Å². The van der Waals surface area contributed by atoms with Crippen LogP contribution in [0.1, 0.15) is 76.3 Å². The maximum absolute atomic E-state index is 14.6. The van der Waals surface area contributed by atoms with Gasteiger partial charge in [-0.3, -0.25) is 29.2 Å². The first-order valence-corrected chi connectivity index (χ1v) is 24.2. The minimum atomic E-state index is -3.71. The van der Waals surface area contributed by atoms with Gasteiger partial charge in [0.15, 0.2) is 0 Å². The van der Waals surface area contributed by atoms with Crippen molar-refractivity contribution in [1.29, 1.82) is 0 Å². The normalized spacial score (nSPS) is 21.9. The predicted molar refractivity (Wildman–Crippen MR) is 245 cm³/mol. The fourth-order valence-corrected chi connectivity index (χ4v) is 11.1. The highest BCUT2D eigenvalue weighted by atomic mass is 32.2. The maximum atomic E-state index is 14.6. The van der Waals surface area contributed by atoms with Crippen LogP contribution in [0.4, 0.5) is 0 Å². The Bertz CT molecular complexity index is 2550. The van der Waals surface area contributed by atoms with Crippen LogP contribution in [0.2, 0.25) is 0 Å². The summed E-state index contributed by atoms with van der Waals surface area (Å²) in [5.41, 5.74) is 8.99. The summed E-state index contributed by atoms with van der Waals surface area (Å²) in [4.78, 5) is 67.8. The lowest BCUT2D eigenvalue weighted by Crippen LogP contribution is -2.62. The van der Waals surface area contributed by atoms with Gasteiger partial charge < -0.3 is 24.3 Å². The average molecular weight is 917 g/mol. The molecule has 2 N–H and O–H groups in total. The van der Waals surface area contributed by atoms with Crippen molar-refractivity contribution in [2.75, 3.05) is 40.4 Å². The van der Waals surface area contributed by atoms with Crippen LogP contribution < -0.4 is 10.7 Å². The number of nitrogens with one attached hydrogen (secondary N) is 2. The number of aryl methyl sites for hydroxylation is 1. The number of sulfonamides is 1. The van der Waals surface area contributed by atoms with Crippen LogP contribution in [-0.2, 0) is 58.6 Å². The number of nitrogens with zero attached hydrogens (tertiary/aromatic N) is 6. The highest BCUT2D eigenvalue weighted by Gasteiger charge is 2.41. The van der Waals surface area contributed by atoms with E-state index in [-0.39, 0.29) is 44.0 Å². The van der Waals surface area contributed by atoms with E-state index in [1.807, 2.05) is 45.3 Å². The summed E-state index contributed by atoms with van der Waals surface area (Å²) >= 11 is 1.38. The number of rotatable bonds is 10. The van der Waals surface area contributed by atoms with Gasteiger partial charge in [-0.2, -0.15) is 4.31 Å². The van der Waals surface area contributed by atoms with Gasteiger partial charge >= 0.3 is 5.97 Å². The third-order valence-electron chi connectivity index (χ3n) is 12.7. The van der Waals surface area contributed by atoms with E-state index < -0.39 is 57.3 Å². The summed E-state index contributed by atoms with van der Waals surface area (Å²) in [7, 11) is 1.54. The number of ether oxygens (including phenoxy) is 2. The van der Waals surface area contributed by atoms with Crippen LogP contribution in [-0.4, -0.2) is 119 Å². The summed E-state index contributed by atoms with van der Waals surface area (Å²) in [5.74, 6) is -2.86. The van der Waals surface area contributed by atoms with Crippen molar-refractivity contribution in [2.45, 2.75) is 91.0 Å². The summed E-state index contributed by atoms with van der Waals surface area (Å²) < 4.78 is 40.2. The molecule has 3 aliphatic rings. The molecule has 0 aliphatic carbocycles. The van der Waals surface area contributed by atoms with Gasteiger partial charge in [0.25, 0.3) is 5.91 Å². The lowest BCUT2D eigenvalue weighted by atomic mass is 9.84. The number of methoxy groups -OCH3 is 1. The fraction of sp³-hybridized carbons (Fsp3) is 0.522. The second kappa shape index (κ2) is 18.8. The molecule has 0 spiro atoms. The molecule has 0 radical (unpaired) electrons. The predicted octanol–water partition coefficient (Wildman–Crippen LogP) is 5.00. The second-order valence-corrected chi connectivity index (χ2v) is 21.1. The Labute approximate surface area is 379 Å². The summed E-state index contributed by atoms with van der Waals surface area (Å²) in [6.07, 6.45) is 3.37. The number of likely N-dealkylation sites (N-methyl/N-ethyl adjacent to an activating group) is 1. The number of hydrogen-bond acceptors (Lipinski definition) is 12. The largest absolute Gasteiger partial charge is 0.464 e. The van der Waals surface area contributed by atoms with E-state index >= 15 is 0 Å². The molecule has 0 saturated carbocycles. The van der Waals surface area contributed by atoms with Crippen LogP contribution >= 0.6 is 11.3 Å². The third-order valence-corrected chi connectivity index (χ3v) is 15.1. The first-order valence-electron chi connectivity index (χ1n) is 21.8. The summed E-state index contributed by atoms with van der Waals surface area (Å²) in [6, 6.07) is 7.32. The molecule has 2 fully saturated rings. The molecule has 16 nitrogen and oxygen atoms in total. The van der Waals surface area contributed by atoms with E-state index in [1.165, 1.54) is 32.6 Å². The molecule has 4 aromatic rings. The number of amides is 3. The minimum absolute atomic E-state index is 0.0159. The fourth-order valence-electron chi connectivity index (χ4n) is 9.24. The van der Waals surface area contributed by atoms with E-state index in [0.29, 0.717) is 42.9 Å². The van der Waals surface area contributed by atoms with Gasteiger partial charge in [-0.05, 0) is 68.4 Å². The van der Waals surface area contributed by atoms with Gasteiger partial charge in [-0.25, -0.2) is 18.8 Å². The van der Waals surface area contributed by atoms with Gasteiger partial charge in [0.2, 0.25) is 21.8 Å². The molecule has 1 aromatic carbocycles. The average Bonchev–Trinajstić information content (AvgIpc) is 4.03. The second-order valence-electron chi connectivity index (χ2n) is 18.3. The monoisotopic (exact) mass is 916 g/mol. The standard InChI is InChI=1S/C46H60N8O8S2/c1-10-64(59,60)53-20-17-30(24-53)43(56)52(8)40(27(2)3)42(55)49-35-22-38-48-36(25-63-38)29-15-16-37-32(21-29)33(41(51(37)7)31-13-11-18-47-39(31)28(4)61-9)23-46(5,6)26-62-45(58)34-14-12-19-54(50-34)44(35)57/h10-11,13,15-16,18,21,25,27-28,30,34-35,40,50H,1,12,14,17,19-20,22-24,26H2,2-9H3,(H,49,55)/t28-,30-,34-,35-,40?/m0/s1. The number of hydrogen-bond donors (Lipinski definition) is 2. The lowest BCUT2D eigenvalue weighted by molar-refractivity contribution is -0.155. The summed E-state index contributed by atoms with van der Waals surface area (Å²) in [6.45, 7) is 13.7. The zero-order chi connectivity index (χ0) is 46.2. The third kappa shape index (κ3) is 9.52. The van der Waals surface area contributed by atoms with Gasteiger partial charge in [0.1, 0.15) is 18.1 Å². The van der Waals surface area contributed by atoms with Gasteiger partial charge in [-0.1, -0.05) is 40.3 Å². The molecule has 2 saturated heterocycles. The van der Waals surface area contributed by atoms with Crippen LogP contribution in [0.5, 0.6) is 0 Å². The minimum Gasteiger partial charge on any atom is -0.464 e. The first kappa shape index (κ1) is 47.0. The molecule has 1 unspecified atom stereocenters. The highest BCUT2D eigenvalue weighted by Crippen LogP contribution is 2.41. The van der Waals surface area contributed by atoms with Crippen molar-refractivity contribution in [3.8, 4) is 22.5 Å². The molecule has 3 aromatic heterocycles. The molecule has 6 bridgehead atoms. The number of aromatic nitrogens is 3. The quantitative estimate of drug-likeness (QED) is 0.204. The van der Waals surface area contributed by atoms with Crippen molar-refractivity contribution >= 4 is 56.0 Å². The van der Waals surface area contributed by atoms with Gasteiger partial charge in [-0.15, -0.1) is 11.3 Å². The number of carbonyl (C=O) groups excluding carboxylic acids is 4. The van der Waals surface area contributed by atoms with E-state index in [1.54, 1.807) is 13.3 Å². The van der Waals surface area contributed by atoms with Crippen LogP contribution in [0.25, 0.3) is 33.4 Å². The first-order chi connectivity index (χ1) is 30.3. The number of pyridine rings is 1. The number of carbonyl (C=O) groups is 4. The molecule has 18 heteroatoms. The van der Waals surface area contributed by atoms with Gasteiger partial charge in [0, 0.05) is 91.7 Å². The molecule has 344 valence electrons. The van der Waals surface area contributed by atoms with Crippen molar-refractivity contribution in [1.82, 2.24) is 39.5 Å². The van der Waals surface area contributed by atoms with Crippen molar-refractivity contribution in [2.24, 2.45) is 24.3 Å². The van der Waals surface area contributed by atoms with E-state index in [2.05, 4.69) is 53.9 Å². The van der Waals surface area contributed by atoms with E-state index in [4.69, 9.17) is 19.4 Å². The topological polar surface area (TPSA) is 185 Å². The Morgan fingerprint density at radius 2 is 1.92 bits per heavy atom. The van der Waals surface area contributed by atoms with Crippen LogP contribution in [0.15, 0.2) is 53.9 Å². The van der Waals surface area contributed by atoms with Crippen LogP contribution in [0.3, 0.4) is 0 Å². The smallest absolute Gasteiger partial charge is 0.324 e. The van der Waals surface area contributed by atoms with Crippen molar-refractivity contribution in [3.05, 3.63) is 70.2 Å². The maximum Gasteiger partial charge on any atom is 0.324 e. The van der Waals surface area contributed by atoms with E-state index in [9.17, 15) is 27.6 Å². The lowest BCUT2D eigenvalue weighted by Gasteiger charge is -2.36. The number of esters is 1. The molecule has 3 aliphatic heterocycles. The Hall–Kier alpha value is -5.01. The molecular formula is C46H60N8O8S2. The Morgan fingerprint density at radius 3 is 2.64 bits per heavy atom. The summed E-state index contributed by atoms with van der Waals surface area (Å²) in [5, 5.41) is 8.80. The number of cyclic esters (lactones) is 1. The highest BCUT2D eigenvalue weighted by molar-refractivity contribution is 7.92. The molecule has 3 amide bonds. The Balaban J connectivity index is 1.25. The van der Waals surface area contributed by atoms with Crippen molar-refractivity contribution in [3.63, 3.8) is 0 Å². The number of thiazole rings is 1. The zero-order valence-corrected chi connectivity index (χ0v) is 39.6. The molecule has 64 heavy (non-hydrogen) atoms. The number of hydrazine groups is 1. The van der Waals surface area contributed by atoms with Crippen LogP contribution in [0, 0.1) is 17.3 Å². The molecule has 7 rings (SSSR count). The SMILES string of the molecule is C=CS(=O)(=O)N1CC[C@H](C(=O)N(C)C(C(=O)N[C@H]2Cc3nc(cs3)-c3ccc4c(c3)c(c(-c3cccnc3[C@H](C)OC)n4C)CC(C)(C)COC(=O)[C@@H]3CCCN(N3)C2=O)C(C)C)C1.